The minimum atomic E-state index is -0.127. The van der Waals surface area contributed by atoms with Gasteiger partial charge < -0.3 is 19.1 Å². The van der Waals surface area contributed by atoms with Crippen molar-refractivity contribution in [2.75, 3.05) is 6.54 Å². The lowest BCUT2D eigenvalue weighted by molar-refractivity contribution is 0.0953. The summed E-state index contributed by atoms with van der Waals surface area (Å²) in [6, 6.07) is 7.05. The molecule has 160 valence electrons. The number of hydrogen-bond donors (Lipinski definition) is 1. The van der Waals surface area contributed by atoms with Crippen molar-refractivity contribution in [3.63, 3.8) is 0 Å². The van der Waals surface area contributed by atoms with Crippen LogP contribution in [0.15, 0.2) is 33.3 Å². The molecule has 0 fully saturated rings. The Morgan fingerprint density at radius 1 is 1.13 bits per heavy atom. The van der Waals surface area contributed by atoms with E-state index in [0.29, 0.717) is 42.7 Å². The Hall–Kier alpha value is -3.16. The first-order valence-electron chi connectivity index (χ1n) is 10.2. The highest BCUT2D eigenvalue weighted by atomic mass is 16.5. The Morgan fingerprint density at radius 3 is 2.57 bits per heavy atom. The lowest BCUT2D eigenvalue weighted by Gasteiger charge is -2.08. The van der Waals surface area contributed by atoms with Crippen molar-refractivity contribution in [2.45, 2.75) is 53.6 Å². The van der Waals surface area contributed by atoms with Crippen LogP contribution < -0.4 is 10.1 Å². The fourth-order valence-electron chi connectivity index (χ4n) is 2.95. The number of nitrogens with one attached hydrogen (secondary N) is 1. The molecule has 8 nitrogen and oxygen atoms in total. The van der Waals surface area contributed by atoms with Crippen LogP contribution >= 0.6 is 0 Å². The Morgan fingerprint density at radius 2 is 1.90 bits per heavy atom. The summed E-state index contributed by atoms with van der Waals surface area (Å²) in [6.07, 6.45) is 2.17. The van der Waals surface area contributed by atoms with Crippen molar-refractivity contribution in [1.29, 1.82) is 0 Å². The van der Waals surface area contributed by atoms with Crippen LogP contribution in [0.3, 0.4) is 0 Å². The molecule has 0 spiro atoms. The average molecular weight is 412 g/mol. The molecule has 0 aliphatic heterocycles. The van der Waals surface area contributed by atoms with E-state index in [9.17, 15) is 4.79 Å². The van der Waals surface area contributed by atoms with E-state index < -0.39 is 0 Å². The largest absolute Gasteiger partial charge is 0.489 e. The van der Waals surface area contributed by atoms with Gasteiger partial charge in [0.15, 0.2) is 5.82 Å². The molecule has 0 atom stereocenters. The molecule has 3 rings (SSSR count). The summed E-state index contributed by atoms with van der Waals surface area (Å²) in [7, 11) is 0. The number of amides is 1. The van der Waals surface area contributed by atoms with Crippen molar-refractivity contribution in [2.24, 2.45) is 5.92 Å². The van der Waals surface area contributed by atoms with E-state index in [2.05, 4.69) is 34.5 Å². The highest BCUT2D eigenvalue weighted by molar-refractivity contribution is 5.94. The minimum Gasteiger partial charge on any atom is -0.489 e. The van der Waals surface area contributed by atoms with Gasteiger partial charge in [0.2, 0.25) is 5.89 Å². The molecule has 30 heavy (non-hydrogen) atoms. The van der Waals surface area contributed by atoms with Crippen LogP contribution in [0.25, 0.3) is 0 Å². The smallest absolute Gasteiger partial charge is 0.251 e. The van der Waals surface area contributed by atoms with E-state index in [-0.39, 0.29) is 5.91 Å². The molecule has 2 heterocycles. The molecular formula is C22H28N4O4. The van der Waals surface area contributed by atoms with Crippen LogP contribution in [0.1, 0.15) is 59.4 Å². The van der Waals surface area contributed by atoms with Gasteiger partial charge in [-0.3, -0.25) is 4.79 Å². The monoisotopic (exact) mass is 412 g/mol. The van der Waals surface area contributed by atoms with Crippen LogP contribution in [0.4, 0.5) is 0 Å². The van der Waals surface area contributed by atoms with Crippen molar-refractivity contribution in [3.8, 4) is 5.75 Å². The van der Waals surface area contributed by atoms with Crippen molar-refractivity contribution >= 4 is 5.91 Å². The molecule has 0 unspecified atom stereocenters. The standard InChI is InChI=1S/C22H28N4O4/c1-14(2)12-20-24-21(30-26-20)6-5-11-23-22(27)17-7-9-18(10-8-17)28-13-19-15(3)25-29-16(19)4/h7-10,14H,5-6,11-13H2,1-4H3,(H,23,27). The lowest BCUT2D eigenvalue weighted by atomic mass is 10.1. The molecule has 0 saturated heterocycles. The van der Waals surface area contributed by atoms with Gasteiger partial charge in [-0.15, -0.1) is 0 Å². The van der Waals surface area contributed by atoms with Crippen LogP contribution in [-0.2, 0) is 19.4 Å². The van der Waals surface area contributed by atoms with E-state index in [4.69, 9.17) is 13.8 Å². The van der Waals surface area contributed by atoms with Crippen LogP contribution in [0, 0.1) is 19.8 Å². The molecule has 3 aromatic rings. The lowest BCUT2D eigenvalue weighted by Crippen LogP contribution is -2.24. The number of carbonyl (C=O) groups is 1. The molecule has 8 heteroatoms. The van der Waals surface area contributed by atoms with Crippen molar-refractivity contribution in [3.05, 3.63) is 58.6 Å². The van der Waals surface area contributed by atoms with Crippen molar-refractivity contribution < 1.29 is 18.6 Å². The molecule has 0 radical (unpaired) electrons. The Kier molecular flexibility index (Phi) is 7.21. The third-order valence-electron chi connectivity index (χ3n) is 4.63. The minimum absolute atomic E-state index is 0.127. The number of ether oxygens (including phenoxy) is 1. The van der Waals surface area contributed by atoms with Gasteiger partial charge in [-0.2, -0.15) is 4.98 Å². The summed E-state index contributed by atoms with van der Waals surface area (Å²) in [5, 5.41) is 10.8. The number of aromatic nitrogens is 3. The normalized spacial score (nSPS) is 11.1. The predicted molar refractivity (Wildman–Crippen MR) is 110 cm³/mol. The maximum Gasteiger partial charge on any atom is 0.251 e. The molecule has 1 aromatic carbocycles. The topological polar surface area (TPSA) is 103 Å². The fourth-order valence-corrected chi connectivity index (χ4v) is 2.95. The van der Waals surface area contributed by atoms with Gasteiger partial charge in [0.1, 0.15) is 18.1 Å². The number of hydrogen-bond acceptors (Lipinski definition) is 7. The quantitative estimate of drug-likeness (QED) is 0.505. The van der Waals surface area contributed by atoms with Gasteiger partial charge in [0.25, 0.3) is 5.91 Å². The number of rotatable bonds is 10. The molecular weight excluding hydrogens is 384 g/mol. The Labute approximate surface area is 176 Å². The zero-order valence-corrected chi connectivity index (χ0v) is 17.9. The summed E-state index contributed by atoms with van der Waals surface area (Å²) in [5.41, 5.74) is 2.34. The molecule has 0 aliphatic rings. The average Bonchev–Trinajstić information content (AvgIpc) is 3.29. The molecule has 2 aromatic heterocycles. The van der Waals surface area contributed by atoms with E-state index in [1.807, 2.05) is 13.8 Å². The second-order valence-electron chi connectivity index (χ2n) is 7.68. The third-order valence-corrected chi connectivity index (χ3v) is 4.63. The summed E-state index contributed by atoms with van der Waals surface area (Å²) >= 11 is 0. The molecule has 0 saturated carbocycles. The molecule has 1 amide bonds. The van der Waals surface area contributed by atoms with Crippen LogP contribution in [0.2, 0.25) is 0 Å². The maximum absolute atomic E-state index is 12.3. The van der Waals surface area contributed by atoms with Gasteiger partial charge in [0, 0.05) is 24.9 Å². The summed E-state index contributed by atoms with van der Waals surface area (Å²) in [6.45, 7) is 8.87. The van der Waals surface area contributed by atoms with Gasteiger partial charge >= 0.3 is 0 Å². The second kappa shape index (κ2) is 10.0. The van der Waals surface area contributed by atoms with Gasteiger partial charge in [-0.1, -0.05) is 24.2 Å². The predicted octanol–water partition coefficient (Wildman–Crippen LogP) is 3.81. The Bertz CT molecular complexity index is 940. The van der Waals surface area contributed by atoms with Crippen molar-refractivity contribution in [1.82, 2.24) is 20.6 Å². The fraction of sp³-hybridized carbons (Fsp3) is 0.455. The number of aryl methyl sites for hydroxylation is 3. The maximum atomic E-state index is 12.3. The van der Waals surface area contributed by atoms with Crippen LogP contribution in [0.5, 0.6) is 5.75 Å². The molecule has 0 aliphatic carbocycles. The number of carbonyl (C=O) groups excluding carboxylic acids is 1. The Balaban J connectivity index is 1.40. The summed E-state index contributed by atoms with van der Waals surface area (Å²) < 4.78 is 16.1. The molecule has 1 N–H and O–H groups in total. The highest BCUT2D eigenvalue weighted by Crippen LogP contribution is 2.18. The first kappa shape index (κ1) is 21.5. The van der Waals surface area contributed by atoms with Gasteiger partial charge in [-0.05, 0) is 50.5 Å². The third kappa shape index (κ3) is 5.92. The number of benzene rings is 1. The van der Waals surface area contributed by atoms with E-state index in [1.54, 1.807) is 24.3 Å². The zero-order valence-electron chi connectivity index (χ0n) is 17.9. The summed E-state index contributed by atoms with van der Waals surface area (Å²) in [4.78, 5) is 16.7. The first-order valence-corrected chi connectivity index (χ1v) is 10.2. The van der Waals surface area contributed by atoms with Crippen LogP contribution in [-0.4, -0.2) is 27.7 Å². The second-order valence-corrected chi connectivity index (χ2v) is 7.68. The van der Waals surface area contributed by atoms with E-state index in [1.165, 1.54) is 0 Å². The number of nitrogens with zero attached hydrogens (tertiary/aromatic N) is 3. The van der Waals surface area contributed by atoms with Gasteiger partial charge in [-0.25, -0.2) is 0 Å². The zero-order chi connectivity index (χ0) is 21.5. The van der Waals surface area contributed by atoms with Gasteiger partial charge in [0.05, 0.1) is 11.3 Å². The SMILES string of the molecule is Cc1noc(C)c1COc1ccc(C(=O)NCCCc2nc(CC(C)C)no2)cc1. The van der Waals surface area contributed by atoms with E-state index in [0.717, 1.165) is 35.7 Å². The first-order chi connectivity index (χ1) is 14.4. The highest BCUT2D eigenvalue weighted by Gasteiger charge is 2.11. The molecule has 0 bridgehead atoms. The summed E-state index contributed by atoms with van der Waals surface area (Å²) in [5.74, 6) is 3.14. The van der Waals surface area contributed by atoms with E-state index >= 15 is 0 Å².